The summed E-state index contributed by atoms with van der Waals surface area (Å²) in [5, 5.41) is 3.83. The number of pyridine rings is 1. The van der Waals surface area contributed by atoms with Crippen LogP contribution in [0.15, 0.2) is 36.5 Å². The van der Waals surface area contributed by atoms with Gasteiger partial charge >= 0.3 is 6.09 Å². The highest BCUT2D eigenvalue weighted by Crippen LogP contribution is 2.27. The molecule has 22 heavy (non-hydrogen) atoms. The van der Waals surface area contributed by atoms with E-state index in [0.29, 0.717) is 5.69 Å². The van der Waals surface area contributed by atoms with Gasteiger partial charge in [0.2, 0.25) is 0 Å². The quantitative estimate of drug-likeness (QED) is 0.736. The molecule has 3 aromatic rings. The summed E-state index contributed by atoms with van der Waals surface area (Å²) in [7, 11) is 1.99. The summed E-state index contributed by atoms with van der Waals surface area (Å²) in [6.45, 7) is 5.49. The van der Waals surface area contributed by atoms with Gasteiger partial charge in [0.1, 0.15) is 5.60 Å². The molecule has 0 spiro atoms. The number of aryl methyl sites for hydroxylation is 1. The largest absolute Gasteiger partial charge is 0.444 e. The van der Waals surface area contributed by atoms with E-state index >= 15 is 0 Å². The third kappa shape index (κ3) is 2.62. The summed E-state index contributed by atoms with van der Waals surface area (Å²) in [6.07, 6.45) is 1.17. The van der Waals surface area contributed by atoms with Crippen LogP contribution in [-0.2, 0) is 11.8 Å². The van der Waals surface area contributed by atoms with Gasteiger partial charge in [-0.2, -0.15) is 0 Å². The number of rotatable bonds is 1. The Balaban J connectivity index is 1.98. The van der Waals surface area contributed by atoms with Crippen LogP contribution in [0.5, 0.6) is 0 Å². The summed E-state index contributed by atoms with van der Waals surface area (Å²) < 4.78 is 7.33. The minimum Gasteiger partial charge on any atom is -0.444 e. The number of hydrogen-bond donors (Lipinski definition) is 1. The van der Waals surface area contributed by atoms with E-state index in [0.717, 1.165) is 21.9 Å². The summed E-state index contributed by atoms with van der Waals surface area (Å²) in [4.78, 5) is 16.3. The average molecular weight is 297 g/mol. The van der Waals surface area contributed by atoms with Gasteiger partial charge in [0.15, 0.2) is 0 Å². The molecule has 1 aromatic carbocycles. The van der Waals surface area contributed by atoms with Crippen LogP contribution < -0.4 is 5.32 Å². The lowest BCUT2D eigenvalue weighted by Gasteiger charge is -2.19. The molecule has 1 N–H and O–H groups in total. The molecule has 5 heteroatoms. The van der Waals surface area contributed by atoms with Gasteiger partial charge < -0.3 is 9.30 Å². The standard InChI is InChI=1S/C17H19N3O2/c1-17(2,3)22-16(21)19-11-9-14-15(18-10-11)12-7-5-6-8-13(12)20(14)4/h5-10H,1-4H3,(H,19,21). The average Bonchev–Trinajstić information content (AvgIpc) is 2.71. The number of nitrogens with zero attached hydrogens (tertiary/aromatic N) is 2. The molecule has 1 amide bonds. The van der Waals surface area contributed by atoms with E-state index in [2.05, 4.69) is 20.9 Å². The first-order valence-electron chi connectivity index (χ1n) is 7.18. The third-order valence-corrected chi connectivity index (χ3v) is 3.39. The second-order valence-corrected chi connectivity index (χ2v) is 6.29. The third-order valence-electron chi connectivity index (χ3n) is 3.39. The van der Waals surface area contributed by atoms with Crippen molar-refractivity contribution < 1.29 is 9.53 Å². The topological polar surface area (TPSA) is 56.2 Å². The number of carbonyl (C=O) groups excluding carboxylic acids is 1. The van der Waals surface area contributed by atoms with Crippen LogP contribution in [0.3, 0.4) is 0 Å². The van der Waals surface area contributed by atoms with Crippen LogP contribution in [0.25, 0.3) is 21.9 Å². The van der Waals surface area contributed by atoms with Crippen LogP contribution >= 0.6 is 0 Å². The van der Waals surface area contributed by atoms with Crippen LogP contribution in [0.2, 0.25) is 0 Å². The second kappa shape index (κ2) is 5.02. The van der Waals surface area contributed by atoms with Gasteiger partial charge in [-0.15, -0.1) is 0 Å². The van der Waals surface area contributed by atoms with Crippen LogP contribution in [0.1, 0.15) is 20.8 Å². The molecule has 0 saturated heterocycles. The molecule has 0 radical (unpaired) electrons. The molecule has 0 fully saturated rings. The van der Waals surface area contributed by atoms with Crippen molar-refractivity contribution in [3.8, 4) is 0 Å². The first-order valence-corrected chi connectivity index (χ1v) is 7.18. The smallest absolute Gasteiger partial charge is 0.412 e. The predicted molar refractivity (Wildman–Crippen MR) is 88.1 cm³/mol. The number of anilines is 1. The zero-order valence-electron chi connectivity index (χ0n) is 13.2. The summed E-state index contributed by atoms with van der Waals surface area (Å²) in [5.74, 6) is 0. The SMILES string of the molecule is Cn1c2ccccc2c2ncc(NC(=O)OC(C)(C)C)cc21. The summed E-state index contributed by atoms with van der Waals surface area (Å²) in [5.41, 5.74) is 3.09. The van der Waals surface area contributed by atoms with Crippen molar-refractivity contribution in [2.75, 3.05) is 5.32 Å². The zero-order valence-corrected chi connectivity index (χ0v) is 13.2. The van der Waals surface area contributed by atoms with Gasteiger partial charge in [0.05, 0.1) is 28.4 Å². The summed E-state index contributed by atoms with van der Waals surface area (Å²) >= 11 is 0. The maximum atomic E-state index is 11.9. The predicted octanol–water partition coefficient (Wildman–Crippen LogP) is 4.07. The monoisotopic (exact) mass is 297 g/mol. The molecule has 0 saturated carbocycles. The molecular formula is C17H19N3O2. The highest BCUT2D eigenvalue weighted by molar-refractivity contribution is 6.06. The van der Waals surface area contributed by atoms with Crippen molar-refractivity contribution in [2.45, 2.75) is 26.4 Å². The molecule has 114 valence electrons. The lowest BCUT2D eigenvalue weighted by atomic mass is 10.2. The van der Waals surface area contributed by atoms with E-state index in [4.69, 9.17) is 4.74 Å². The van der Waals surface area contributed by atoms with Crippen molar-refractivity contribution in [3.63, 3.8) is 0 Å². The van der Waals surface area contributed by atoms with Crippen molar-refractivity contribution in [1.29, 1.82) is 0 Å². The van der Waals surface area contributed by atoms with Gasteiger partial charge in [-0.1, -0.05) is 18.2 Å². The Hall–Kier alpha value is -2.56. The molecule has 2 heterocycles. The molecule has 0 bridgehead atoms. The Morgan fingerprint density at radius 3 is 2.68 bits per heavy atom. The Bertz CT molecular complexity index is 859. The van der Waals surface area contributed by atoms with Gasteiger partial charge in [-0.3, -0.25) is 10.3 Å². The Morgan fingerprint density at radius 2 is 1.95 bits per heavy atom. The minimum absolute atomic E-state index is 0.479. The Kier molecular flexibility index (Phi) is 3.28. The molecule has 0 unspecified atom stereocenters. The van der Waals surface area contributed by atoms with E-state index < -0.39 is 11.7 Å². The number of carbonyl (C=O) groups is 1. The van der Waals surface area contributed by atoms with E-state index in [1.54, 1.807) is 6.20 Å². The fourth-order valence-electron chi connectivity index (χ4n) is 2.50. The number of amides is 1. The number of hydrogen-bond acceptors (Lipinski definition) is 3. The number of nitrogens with one attached hydrogen (secondary N) is 1. The van der Waals surface area contributed by atoms with Crippen molar-refractivity contribution in [3.05, 3.63) is 36.5 Å². The lowest BCUT2D eigenvalue weighted by Crippen LogP contribution is -2.27. The maximum Gasteiger partial charge on any atom is 0.412 e. The van der Waals surface area contributed by atoms with Crippen LogP contribution in [0.4, 0.5) is 10.5 Å². The molecule has 0 aliphatic carbocycles. The van der Waals surface area contributed by atoms with E-state index in [-0.39, 0.29) is 0 Å². The zero-order chi connectivity index (χ0) is 15.9. The Labute approximate surface area is 128 Å². The fourth-order valence-corrected chi connectivity index (χ4v) is 2.50. The highest BCUT2D eigenvalue weighted by atomic mass is 16.6. The number of fused-ring (bicyclic) bond motifs is 3. The summed E-state index contributed by atoms with van der Waals surface area (Å²) in [6, 6.07) is 10.0. The Morgan fingerprint density at radius 1 is 1.23 bits per heavy atom. The maximum absolute atomic E-state index is 11.9. The van der Waals surface area contributed by atoms with Gasteiger partial charge in [-0.05, 0) is 32.9 Å². The molecule has 3 rings (SSSR count). The fraction of sp³-hybridized carbons (Fsp3) is 0.294. The first-order chi connectivity index (χ1) is 10.3. The lowest BCUT2D eigenvalue weighted by molar-refractivity contribution is 0.0636. The number of para-hydroxylation sites is 1. The molecule has 0 atom stereocenters. The van der Waals surface area contributed by atoms with E-state index in [1.165, 1.54) is 0 Å². The van der Waals surface area contributed by atoms with Crippen molar-refractivity contribution in [2.24, 2.45) is 7.05 Å². The van der Waals surface area contributed by atoms with Gasteiger partial charge in [-0.25, -0.2) is 4.79 Å². The molecule has 5 nitrogen and oxygen atoms in total. The molecular weight excluding hydrogens is 278 g/mol. The van der Waals surface area contributed by atoms with Gasteiger partial charge in [0, 0.05) is 12.4 Å². The normalized spacial score (nSPS) is 11.8. The van der Waals surface area contributed by atoms with Crippen LogP contribution in [-0.4, -0.2) is 21.2 Å². The number of aromatic nitrogens is 2. The van der Waals surface area contributed by atoms with E-state index in [1.807, 2.05) is 52.1 Å². The molecule has 2 aromatic heterocycles. The highest BCUT2D eigenvalue weighted by Gasteiger charge is 2.17. The number of benzene rings is 1. The van der Waals surface area contributed by atoms with Crippen molar-refractivity contribution >= 4 is 33.7 Å². The minimum atomic E-state index is -0.527. The van der Waals surface area contributed by atoms with E-state index in [9.17, 15) is 4.79 Å². The first kappa shape index (κ1) is 14.4. The molecule has 0 aliphatic heterocycles. The molecule has 0 aliphatic rings. The van der Waals surface area contributed by atoms with Gasteiger partial charge in [0.25, 0.3) is 0 Å². The number of ether oxygens (including phenoxy) is 1. The van der Waals surface area contributed by atoms with Crippen LogP contribution in [0, 0.1) is 0 Å². The second-order valence-electron chi connectivity index (χ2n) is 6.29. The van der Waals surface area contributed by atoms with Crippen molar-refractivity contribution in [1.82, 2.24) is 9.55 Å².